The minimum absolute atomic E-state index is 0. The number of nitrogens with zero attached hydrogens (tertiary/aromatic N) is 5. The number of anilines is 1. The van der Waals surface area contributed by atoms with Crippen LogP contribution >= 0.6 is 24.0 Å². The molecule has 0 unspecified atom stereocenters. The summed E-state index contributed by atoms with van der Waals surface area (Å²) in [5.41, 5.74) is 1.10. The Balaban J connectivity index is 0.00000300. The van der Waals surface area contributed by atoms with Crippen molar-refractivity contribution in [3.8, 4) is 0 Å². The Bertz CT molecular complexity index is 713. The highest BCUT2D eigenvalue weighted by atomic mass is 127. The number of guanidine groups is 1. The number of hydrogen-bond acceptors (Lipinski definition) is 4. The molecule has 1 fully saturated rings. The van der Waals surface area contributed by atoms with E-state index in [1.54, 1.807) is 13.2 Å². The summed E-state index contributed by atoms with van der Waals surface area (Å²) in [4.78, 5) is 9.03. The zero-order chi connectivity index (χ0) is 19.6. The second-order valence-electron chi connectivity index (χ2n) is 6.85. The van der Waals surface area contributed by atoms with E-state index >= 15 is 0 Å². The van der Waals surface area contributed by atoms with Crippen molar-refractivity contribution in [3.63, 3.8) is 0 Å². The highest BCUT2D eigenvalue weighted by Crippen LogP contribution is 2.16. The Labute approximate surface area is 189 Å². The number of benzene rings is 1. The van der Waals surface area contributed by atoms with Crippen LogP contribution in [0.5, 0.6) is 0 Å². The Morgan fingerprint density at radius 1 is 1.07 bits per heavy atom. The van der Waals surface area contributed by atoms with Crippen LogP contribution in [0.3, 0.4) is 0 Å². The van der Waals surface area contributed by atoms with Crippen molar-refractivity contribution in [1.29, 1.82) is 0 Å². The van der Waals surface area contributed by atoms with Crippen LogP contribution in [0.2, 0.25) is 0 Å². The van der Waals surface area contributed by atoms with Gasteiger partial charge in [-0.05, 0) is 36.8 Å². The number of aromatic nitrogens is 2. The van der Waals surface area contributed by atoms with Crippen LogP contribution in [-0.2, 0) is 6.54 Å². The lowest BCUT2D eigenvalue weighted by molar-refractivity contribution is 0.261. The summed E-state index contributed by atoms with van der Waals surface area (Å²) in [5, 5.41) is 10.9. The largest absolute Gasteiger partial charge is 0.369 e. The van der Waals surface area contributed by atoms with Gasteiger partial charge in [0.1, 0.15) is 5.82 Å². The normalized spacial score (nSPS) is 15.1. The van der Waals surface area contributed by atoms with Crippen molar-refractivity contribution < 1.29 is 4.39 Å². The van der Waals surface area contributed by atoms with Gasteiger partial charge >= 0.3 is 0 Å². The van der Waals surface area contributed by atoms with E-state index in [4.69, 9.17) is 0 Å². The summed E-state index contributed by atoms with van der Waals surface area (Å²) in [7, 11) is 1.80. The molecule has 9 heteroatoms. The third-order valence-electron chi connectivity index (χ3n) is 4.92. The van der Waals surface area contributed by atoms with Crippen molar-refractivity contribution in [1.82, 2.24) is 25.3 Å². The van der Waals surface area contributed by atoms with Crippen LogP contribution < -0.4 is 15.5 Å². The topological polar surface area (TPSA) is 60.7 Å². The van der Waals surface area contributed by atoms with E-state index < -0.39 is 0 Å². The third kappa shape index (κ3) is 7.81. The van der Waals surface area contributed by atoms with Gasteiger partial charge in [0.15, 0.2) is 5.96 Å². The molecule has 1 aliphatic rings. The maximum Gasteiger partial charge on any atom is 0.191 e. The van der Waals surface area contributed by atoms with Gasteiger partial charge in [-0.25, -0.2) is 4.39 Å². The number of halogens is 2. The second kappa shape index (κ2) is 12.6. The lowest BCUT2D eigenvalue weighted by atomic mass is 10.2. The van der Waals surface area contributed by atoms with Gasteiger partial charge in [-0.15, -0.1) is 24.0 Å². The van der Waals surface area contributed by atoms with Crippen molar-refractivity contribution in [2.24, 2.45) is 4.99 Å². The van der Waals surface area contributed by atoms with Crippen molar-refractivity contribution >= 4 is 35.6 Å². The first-order valence-corrected chi connectivity index (χ1v) is 9.89. The summed E-state index contributed by atoms with van der Waals surface area (Å²) in [6.45, 7) is 7.54. The van der Waals surface area contributed by atoms with Crippen LogP contribution in [-0.4, -0.2) is 73.5 Å². The average molecular weight is 515 g/mol. The first-order valence-electron chi connectivity index (χ1n) is 9.89. The summed E-state index contributed by atoms with van der Waals surface area (Å²) in [5.74, 6) is 0.655. The van der Waals surface area contributed by atoms with Crippen LogP contribution in [0.15, 0.2) is 47.7 Å². The molecule has 7 nitrogen and oxygen atoms in total. The highest BCUT2D eigenvalue weighted by molar-refractivity contribution is 14.0. The Morgan fingerprint density at radius 2 is 1.79 bits per heavy atom. The molecule has 0 saturated carbocycles. The molecule has 2 N–H and O–H groups in total. The van der Waals surface area contributed by atoms with Crippen molar-refractivity contribution in [2.45, 2.75) is 13.0 Å². The van der Waals surface area contributed by atoms with Crippen molar-refractivity contribution in [2.75, 3.05) is 57.8 Å². The fourth-order valence-corrected chi connectivity index (χ4v) is 3.32. The van der Waals surface area contributed by atoms with Gasteiger partial charge in [-0.1, -0.05) is 0 Å². The number of rotatable bonds is 8. The van der Waals surface area contributed by atoms with Gasteiger partial charge < -0.3 is 15.5 Å². The van der Waals surface area contributed by atoms with Gasteiger partial charge in [-0.2, -0.15) is 5.10 Å². The van der Waals surface area contributed by atoms with E-state index in [1.165, 1.54) is 12.1 Å². The zero-order valence-electron chi connectivity index (χ0n) is 16.9. The lowest BCUT2D eigenvalue weighted by Gasteiger charge is -2.36. The number of nitrogens with one attached hydrogen (secondary N) is 2. The molecule has 0 bridgehead atoms. The van der Waals surface area contributed by atoms with Gasteiger partial charge in [0, 0.05) is 77.5 Å². The zero-order valence-corrected chi connectivity index (χ0v) is 19.3. The summed E-state index contributed by atoms with van der Waals surface area (Å²) in [6, 6.07) is 8.70. The maximum atomic E-state index is 13.1. The van der Waals surface area contributed by atoms with Gasteiger partial charge in [0.2, 0.25) is 0 Å². The molecule has 1 aromatic carbocycles. The standard InChI is InChI=1S/C20H30FN7.HI/c1-22-20(23-8-2-11-28-12-3-9-25-28)24-10-13-26-14-16-27(17-15-26)19-6-4-18(21)5-7-19;/h3-7,9,12H,2,8,10-11,13-17H2,1H3,(H2,22,23,24);1H. The van der Waals surface area contributed by atoms with E-state index in [2.05, 4.69) is 30.5 Å². The monoisotopic (exact) mass is 515 g/mol. The number of aryl methyl sites for hydroxylation is 1. The Hall–Kier alpha value is -1.88. The number of hydrogen-bond donors (Lipinski definition) is 2. The fourth-order valence-electron chi connectivity index (χ4n) is 3.32. The molecular formula is C20H31FIN7. The van der Waals surface area contributed by atoms with E-state index in [9.17, 15) is 4.39 Å². The molecule has 2 aromatic rings. The smallest absolute Gasteiger partial charge is 0.191 e. The van der Waals surface area contributed by atoms with Gasteiger partial charge in [0.25, 0.3) is 0 Å². The minimum atomic E-state index is -0.183. The minimum Gasteiger partial charge on any atom is -0.369 e. The van der Waals surface area contributed by atoms with Crippen molar-refractivity contribution in [3.05, 3.63) is 48.5 Å². The average Bonchev–Trinajstić information content (AvgIpc) is 3.24. The molecular weight excluding hydrogens is 484 g/mol. The molecule has 1 aliphatic heterocycles. The third-order valence-corrected chi connectivity index (χ3v) is 4.92. The predicted octanol–water partition coefficient (Wildman–Crippen LogP) is 2.02. The summed E-state index contributed by atoms with van der Waals surface area (Å²) in [6.07, 6.45) is 4.77. The molecule has 29 heavy (non-hydrogen) atoms. The molecule has 1 saturated heterocycles. The Morgan fingerprint density at radius 3 is 2.45 bits per heavy atom. The Kier molecular flexibility index (Phi) is 10.2. The number of piperazine rings is 1. The highest BCUT2D eigenvalue weighted by Gasteiger charge is 2.16. The van der Waals surface area contributed by atoms with Crippen LogP contribution in [0.25, 0.3) is 0 Å². The van der Waals surface area contributed by atoms with Crippen LogP contribution in [0, 0.1) is 5.82 Å². The molecule has 160 valence electrons. The molecule has 0 aliphatic carbocycles. The van der Waals surface area contributed by atoms with E-state index in [0.717, 1.165) is 70.4 Å². The lowest BCUT2D eigenvalue weighted by Crippen LogP contribution is -2.49. The van der Waals surface area contributed by atoms with Gasteiger partial charge in [-0.3, -0.25) is 14.6 Å². The number of aliphatic imine (C=N–C) groups is 1. The maximum absolute atomic E-state index is 13.1. The molecule has 2 heterocycles. The van der Waals surface area contributed by atoms with Gasteiger partial charge in [0.05, 0.1) is 0 Å². The molecule has 3 rings (SSSR count). The molecule has 0 atom stereocenters. The van der Waals surface area contributed by atoms with Crippen LogP contribution in [0.1, 0.15) is 6.42 Å². The van der Waals surface area contributed by atoms with E-state index in [-0.39, 0.29) is 29.8 Å². The molecule has 1 aromatic heterocycles. The second-order valence-corrected chi connectivity index (χ2v) is 6.85. The first kappa shape index (κ1) is 23.4. The van der Waals surface area contributed by atoms with E-state index in [1.807, 2.05) is 29.1 Å². The first-order chi connectivity index (χ1) is 13.7. The fraction of sp³-hybridized carbons (Fsp3) is 0.500. The molecule has 0 spiro atoms. The predicted molar refractivity (Wildman–Crippen MR) is 127 cm³/mol. The summed E-state index contributed by atoms with van der Waals surface area (Å²) < 4.78 is 15.0. The van der Waals surface area contributed by atoms with Crippen LogP contribution in [0.4, 0.5) is 10.1 Å². The molecule has 0 radical (unpaired) electrons. The molecule has 0 amide bonds. The van der Waals surface area contributed by atoms with E-state index in [0.29, 0.717) is 0 Å². The SMILES string of the molecule is CN=C(NCCCn1cccn1)NCCN1CCN(c2ccc(F)cc2)CC1.I. The summed E-state index contributed by atoms with van der Waals surface area (Å²) >= 11 is 0. The quantitative estimate of drug-likeness (QED) is 0.244.